The van der Waals surface area contributed by atoms with Crippen LogP contribution in [-0.2, 0) is 9.73 Å². The molecule has 32 heavy (non-hydrogen) atoms. The van der Waals surface area contributed by atoms with Crippen LogP contribution in [0.2, 0.25) is 0 Å². The molecule has 2 aromatic carbocycles. The van der Waals surface area contributed by atoms with Gasteiger partial charge in [0, 0.05) is 46.8 Å². The van der Waals surface area contributed by atoms with Crippen molar-refractivity contribution in [3.05, 3.63) is 48.0 Å². The smallest absolute Gasteiger partial charge is 0.146 e. The normalized spacial score (nSPS) is 19.3. The molecule has 0 spiro atoms. The third kappa shape index (κ3) is 4.98. The third-order valence-electron chi connectivity index (χ3n) is 5.14. The topological polar surface area (TPSA) is 99.9 Å². The Morgan fingerprint density at radius 1 is 1.25 bits per heavy atom. The molecule has 10 heteroatoms. The number of nitrogens with one attached hydrogen (secondary N) is 1. The van der Waals surface area contributed by atoms with Crippen molar-refractivity contribution in [2.45, 2.75) is 19.1 Å². The van der Waals surface area contributed by atoms with Crippen LogP contribution in [0.4, 0.5) is 21.6 Å². The minimum atomic E-state index is -2.31. The molecule has 4 rings (SSSR count). The van der Waals surface area contributed by atoms with Crippen LogP contribution in [-0.4, -0.2) is 69.0 Å². The highest BCUT2D eigenvalue weighted by molar-refractivity contribution is 7.92. The summed E-state index contributed by atoms with van der Waals surface area (Å²) >= 11 is 0. The predicted octanol–water partition coefficient (Wildman–Crippen LogP) is 3.23. The second-order valence-electron chi connectivity index (χ2n) is 8.36. The first kappa shape index (κ1) is 22.4. The highest BCUT2D eigenvalue weighted by atomic mass is 32.2. The van der Waals surface area contributed by atoms with Crippen LogP contribution in [0.5, 0.6) is 5.75 Å². The summed E-state index contributed by atoms with van der Waals surface area (Å²) < 4.78 is 36.3. The molecule has 1 aliphatic rings. The number of β-amino-alcohol motifs (C(OH)–C–C–N with tert-alkyl or cyclic N) is 1. The number of halogens is 1. The molecule has 2 N–H and O–H groups in total. The summed E-state index contributed by atoms with van der Waals surface area (Å²) in [6, 6.07) is 7.79. The molecular weight excluding hydrogens is 433 g/mol. The van der Waals surface area contributed by atoms with Crippen molar-refractivity contribution in [2.75, 3.05) is 38.0 Å². The number of rotatable bonds is 5. The Morgan fingerprint density at radius 2 is 2.03 bits per heavy atom. The zero-order valence-electron chi connectivity index (χ0n) is 18.4. The Morgan fingerprint density at radius 3 is 2.72 bits per heavy atom. The van der Waals surface area contributed by atoms with Crippen LogP contribution in [0, 0.1) is 12.7 Å². The molecule has 0 aliphatic carbocycles. The van der Waals surface area contributed by atoms with Crippen molar-refractivity contribution in [1.29, 1.82) is 0 Å². The van der Waals surface area contributed by atoms with E-state index in [9.17, 15) is 13.7 Å². The van der Waals surface area contributed by atoms with Crippen molar-refractivity contribution in [1.82, 2.24) is 14.9 Å². The highest BCUT2D eigenvalue weighted by Crippen LogP contribution is 2.34. The lowest BCUT2D eigenvalue weighted by molar-refractivity contribution is 0.0740. The zero-order valence-corrected chi connectivity index (χ0v) is 19.2. The molecule has 1 aliphatic heterocycles. The summed E-state index contributed by atoms with van der Waals surface area (Å²) in [5.74, 6) is 0.370. The van der Waals surface area contributed by atoms with Gasteiger partial charge in [-0.25, -0.2) is 18.6 Å². The van der Waals surface area contributed by atoms with E-state index in [0.29, 0.717) is 35.8 Å². The van der Waals surface area contributed by atoms with Gasteiger partial charge in [0.15, 0.2) is 0 Å². The summed E-state index contributed by atoms with van der Waals surface area (Å²) in [5, 5.41) is 14.2. The fourth-order valence-corrected chi connectivity index (χ4v) is 4.43. The van der Waals surface area contributed by atoms with Crippen molar-refractivity contribution in [2.24, 2.45) is 4.36 Å². The molecule has 1 fully saturated rings. The average molecular weight is 460 g/mol. The second kappa shape index (κ2) is 8.61. The molecule has 3 aromatic rings. The number of hydrogen-bond acceptors (Lipinski definition) is 8. The number of benzene rings is 2. The summed E-state index contributed by atoms with van der Waals surface area (Å²) in [4.78, 5) is 10.7. The van der Waals surface area contributed by atoms with Crippen LogP contribution < -0.4 is 10.1 Å². The Hall–Kier alpha value is -2.82. The first-order valence-electron chi connectivity index (χ1n) is 10.1. The molecular formula is C22H26FN5O3S. The maximum absolute atomic E-state index is 14.0. The number of hydrogen-bond donors (Lipinski definition) is 2. The quantitative estimate of drug-likeness (QED) is 0.604. The fraction of sp³-hybridized carbons (Fsp3) is 0.364. The van der Waals surface area contributed by atoms with Gasteiger partial charge in [0.1, 0.15) is 35.9 Å². The maximum atomic E-state index is 14.0. The number of ether oxygens (including phenoxy) is 1. The lowest BCUT2D eigenvalue weighted by Crippen LogP contribution is -2.30. The number of anilines is 2. The summed E-state index contributed by atoms with van der Waals surface area (Å²) in [6.07, 6.45) is 3.45. The Labute approximate surface area is 186 Å². The molecule has 0 saturated carbocycles. The van der Waals surface area contributed by atoms with Gasteiger partial charge in [0.25, 0.3) is 0 Å². The van der Waals surface area contributed by atoms with Crippen LogP contribution in [0.1, 0.15) is 5.56 Å². The standard InChI is InChI=1S/C22H26FN5O3S/c1-13-7-15(27-32(3,4)30)9-17-21(13)22(25-12-24-17)26-16-6-5-14(23)8-19(16)31-20-11-28(2)10-18(20)29/h5-9,12,18,20,29H,10-11H2,1-4H3,(H,24,25,26)/t18-,20-/m1/s1. The van der Waals surface area contributed by atoms with Crippen LogP contribution in [0.15, 0.2) is 41.0 Å². The molecule has 2 atom stereocenters. The van der Waals surface area contributed by atoms with E-state index in [0.717, 1.165) is 10.9 Å². The number of aliphatic hydroxyl groups is 1. The number of aliphatic hydroxyl groups excluding tert-OH is 1. The van der Waals surface area contributed by atoms with Gasteiger partial charge in [-0.15, -0.1) is 0 Å². The van der Waals surface area contributed by atoms with E-state index in [1.54, 1.807) is 24.6 Å². The van der Waals surface area contributed by atoms with E-state index in [2.05, 4.69) is 19.6 Å². The van der Waals surface area contributed by atoms with E-state index in [-0.39, 0.29) is 5.75 Å². The lowest BCUT2D eigenvalue weighted by atomic mass is 10.1. The van der Waals surface area contributed by atoms with Crippen LogP contribution in [0.3, 0.4) is 0 Å². The van der Waals surface area contributed by atoms with Crippen LogP contribution in [0.25, 0.3) is 10.9 Å². The van der Waals surface area contributed by atoms with Gasteiger partial charge in [-0.3, -0.25) is 4.90 Å². The number of aromatic nitrogens is 2. The van der Waals surface area contributed by atoms with Crippen LogP contribution >= 0.6 is 0 Å². The van der Waals surface area contributed by atoms with Gasteiger partial charge < -0.3 is 15.2 Å². The molecule has 1 aromatic heterocycles. The average Bonchev–Trinajstić information content (AvgIpc) is 2.99. The number of nitrogens with zero attached hydrogens (tertiary/aromatic N) is 4. The maximum Gasteiger partial charge on any atom is 0.146 e. The summed E-state index contributed by atoms with van der Waals surface area (Å²) in [5.41, 5.74) is 2.60. The minimum absolute atomic E-state index is 0.289. The predicted molar refractivity (Wildman–Crippen MR) is 124 cm³/mol. The third-order valence-corrected chi connectivity index (χ3v) is 5.79. The van der Waals surface area contributed by atoms with E-state index in [1.165, 1.54) is 18.5 Å². The number of likely N-dealkylation sites (tertiary alicyclic amines) is 1. The molecule has 170 valence electrons. The van der Waals surface area contributed by atoms with Gasteiger partial charge >= 0.3 is 0 Å². The van der Waals surface area contributed by atoms with Gasteiger partial charge in [0.05, 0.1) is 16.9 Å². The Bertz CT molecular complexity index is 1280. The van der Waals surface area contributed by atoms with Crippen molar-refractivity contribution >= 4 is 37.8 Å². The van der Waals surface area contributed by atoms with Gasteiger partial charge in [0.2, 0.25) is 0 Å². The molecule has 8 nitrogen and oxygen atoms in total. The van der Waals surface area contributed by atoms with Crippen molar-refractivity contribution < 1.29 is 18.4 Å². The molecule has 1 saturated heterocycles. The van der Waals surface area contributed by atoms with E-state index in [4.69, 9.17) is 4.74 Å². The zero-order chi connectivity index (χ0) is 23.0. The van der Waals surface area contributed by atoms with Crippen molar-refractivity contribution in [3.63, 3.8) is 0 Å². The molecule has 0 amide bonds. The monoisotopic (exact) mass is 459 g/mol. The lowest BCUT2D eigenvalue weighted by Gasteiger charge is -2.20. The highest BCUT2D eigenvalue weighted by Gasteiger charge is 2.31. The minimum Gasteiger partial charge on any atom is -0.484 e. The molecule has 2 heterocycles. The summed E-state index contributed by atoms with van der Waals surface area (Å²) in [7, 11) is -0.419. The first-order chi connectivity index (χ1) is 15.1. The second-order valence-corrected chi connectivity index (χ2v) is 10.9. The van der Waals surface area contributed by atoms with Gasteiger partial charge in [-0.2, -0.15) is 4.36 Å². The Kier molecular flexibility index (Phi) is 6.02. The van der Waals surface area contributed by atoms with Gasteiger partial charge in [-0.05, 0) is 43.8 Å². The number of aryl methyl sites for hydroxylation is 1. The largest absolute Gasteiger partial charge is 0.484 e. The molecule has 0 unspecified atom stereocenters. The summed E-state index contributed by atoms with van der Waals surface area (Å²) in [6.45, 7) is 2.93. The van der Waals surface area contributed by atoms with E-state index in [1.807, 2.05) is 24.9 Å². The Balaban J connectivity index is 1.72. The fourth-order valence-electron chi connectivity index (χ4n) is 3.82. The van der Waals surface area contributed by atoms with Crippen molar-refractivity contribution in [3.8, 4) is 5.75 Å². The molecule has 0 radical (unpaired) electrons. The first-order valence-corrected chi connectivity index (χ1v) is 12.4. The number of fused-ring (bicyclic) bond motifs is 1. The number of likely N-dealkylation sites (N-methyl/N-ethyl adjacent to an activating group) is 1. The molecule has 0 bridgehead atoms. The van der Waals surface area contributed by atoms with E-state index >= 15 is 0 Å². The van der Waals surface area contributed by atoms with Gasteiger partial charge in [-0.1, -0.05) is 0 Å². The van der Waals surface area contributed by atoms with E-state index < -0.39 is 27.8 Å². The SMILES string of the molecule is Cc1cc(N=S(C)(C)=O)cc2ncnc(Nc3ccc(F)cc3O[C@@H]3CN(C)C[C@H]3O)c12.